The number of aliphatic hydroxyl groups excluding tert-OH is 1. The Morgan fingerprint density at radius 1 is 1.22 bits per heavy atom. The van der Waals surface area contributed by atoms with Crippen molar-refractivity contribution >= 4 is 17.0 Å². The lowest BCUT2D eigenvalue weighted by atomic mass is 10.4. The molecule has 1 rings (SSSR count). The third kappa shape index (κ3) is 3.63. The van der Waals surface area contributed by atoms with Gasteiger partial charge in [0, 0.05) is 27.4 Å². The zero-order valence-electron chi connectivity index (χ0n) is 12.1. The average Bonchev–Trinajstić information content (AvgIpc) is 2.78. The van der Waals surface area contributed by atoms with Crippen molar-refractivity contribution in [2.24, 2.45) is 0 Å². The van der Waals surface area contributed by atoms with Crippen molar-refractivity contribution < 1.29 is 18.4 Å². The van der Waals surface area contributed by atoms with Crippen LogP contribution in [0.5, 0.6) is 0 Å². The molecule has 1 N–H and O–H groups in total. The molecule has 0 bridgehead atoms. The molecule has 1 atom stereocenters. The summed E-state index contributed by atoms with van der Waals surface area (Å²) in [6.45, 7) is 4.42. The third-order valence-electron chi connectivity index (χ3n) is 4.09. The van der Waals surface area contributed by atoms with Gasteiger partial charge in [-0.05, 0) is 32.0 Å². The molecule has 0 aromatic rings. The van der Waals surface area contributed by atoms with Crippen molar-refractivity contribution in [2.75, 3.05) is 40.6 Å². The van der Waals surface area contributed by atoms with E-state index < -0.39 is 17.0 Å². The van der Waals surface area contributed by atoms with Gasteiger partial charge in [-0.2, -0.15) is 0 Å². The van der Waals surface area contributed by atoms with Gasteiger partial charge in [0.2, 0.25) is 0 Å². The molecule has 0 aliphatic carbocycles. The molecule has 108 valence electrons. The second kappa shape index (κ2) is 7.13. The van der Waals surface area contributed by atoms with Gasteiger partial charge in [0.05, 0.1) is 6.23 Å². The quantitative estimate of drug-likeness (QED) is 0.678. The maximum absolute atomic E-state index is 9.55. The Hall–Kier alpha value is 0.234. The zero-order chi connectivity index (χ0) is 13.6. The van der Waals surface area contributed by atoms with E-state index in [-0.39, 0.29) is 0 Å². The predicted octanol–water partition coefficient (Wildman–Crippen LogP) is 1.07. The van der Waals surface area contributed by atoms with E-state index in [1.54, 1.807) is 21.3 Å². The molecule has 0 aromatic heterocycles. The molecule has 7 heteroatoms. The fraction of sp³-hybridized carbons (Fsp3) is 1.00. The number of hydrogen-bond acceptors (Lipinski definition) is 5. The van der Waals surface area contributed by atoms with Crippen LogP contribution in [-0.4, -0.2) is 67.4 Å². The van der Waals surface area contributed by atoms with E-state index >= 15 is 0 Å². The van der Waals surface area contributed by atoms with Crippen molar-refractivity contribution in [3.63, 3.8) is 0 Å². The van der Waals surface area contributed by atoms with Crippen LogP contribution in [0.1, 0.15) is 12.8 Å². The van der Waals surface area contributed by atoms with Gasteiger partial charge < -0.3 is 23.0 Å². The van der Waals surface area contributed by atoms with Crippen LogP contribution in [-0.2, 0) is 13.3 Å². The largest absolute Gasteiger partial charge is 0.500 e. The van der Waals surface area contributed by atoms with Crippen molar-refractivity contribution in [1.82, 2.24) is 4.57 Å². The minimum absolute atomic E-state index is 0.369. The fourth-order valence-electron chi connectivity index (χ4n) is 2.68. The number of nitrogens with zero attached hydrogens (tertiary/aromatic N) is 1. The number of hydrogen-bond donors (Lipinski definition) is 1. The van der Waals surface area contributed by atoms with E-state index in [0.29, 0.717) is 6.23 Å². The van der Waals surface area contributed by atoms with Crippen LogP contribution in [0, 0.1) is 0 Å². The first kappa shape index (κ1) is 16.3. The normalized spacial score (nSPS) is 25.8. The fourth-order valence-corrected chi connectivity index (χ4v) is 7.38. The highest BCUT2D eigenvalue weighted by molar-refractivity contribution is 6.76. The van der Waals surface area contributed by atoms with E-state index in [4.69, 9.17) is 13.3 Å². The van der Waals surface area contributed by atoms with E-state index in [0.717, 1.165) is 25.6 Å². The van der Waals surface area contributed by atoms with E-state index in [2.05, 4.69) is 11.1 Å². The van der Waals surface area contributed by atoms with Gasteiger partial charge in [0.1, 0.15) is 0 Å². The molecular weight excluding hydrogens is 266 g/mol. The summed E-state index contributed by atoms with van der Waals surface area (Å²) < 4.78 is 18.8. The van der Waals surface area contributed by atoms with E-state index in [9.17, 15) is 5.11 Å². The lowest BCUT2D eigenvalue weighted by Crippen LogP contribution is -2.50. The van der Waals surface area contributed by atoms with Crippen molar-refractivity contribution in [1.29, 1.82) is 0 Å². The minimum atomic E-state index is -2.42. The van der Waals surface area contributed by atoms with Crippen LogP contribution in [0.3, 0.4) is 0 Å². The molecule has 1 aliphatic rings. The standard InChI is InChI=1S/C11H27NO4Si2/c1-14-18(15-2,16-3)10-6-8-12-7-5-9-17(12,4)11-13/h13H,5-11H2,1-4H3. The Labute approximate surface area is 112 Å². The summed E-state index contributed by atoms with van der Waals surface area (Å²) in [5.41, 5.74) is 0. The Morgan fingerprint density at radius 2 is 1.83 bits per heavy atom. The Balaban J connectivity index is 2.41. The molecule has 0 amide bonds. The lowest BCUT2D eigenvalue weighted by Gasteiger charge is -2.32. The maximum Gasteiger partial charge on any atom is 0.500 e. The molecule has 18 heavy (non-hydrogen) atoms. The van der Waals surface area contributed by atoms with Crippen LogP contribution < -0.4 is 0 Å². The lowest BCUT2D eigenvalue weighted by molar-refractivity contribution is 0.122. The van der Waals surface area contributed by atoms with Crippen molar-refractivity contribution in [2.45, 2.75) is 31.5 Å². The van der Waals surface area contributed by atoms with Gasteiger partial charge in [-0.15, -0.1) is 0 Å². The van der Waals surface area contributed by atoms with Gasteiger partial charge in [-0.3, -0.25) is 0 Å². The first-order chi connectivity index (χ1) is 8.55. The van der Waals surface area contributed by atoms with Gasteiger partial charge >= 0.3 is 8.80 Å². The molecule has 5 nitrogen and oxygen atoms in total. The molecule has 1 unspecified atom stereocenters. The summed E-state index contributed by atoms with van der Waals surface area (Å²) in [4.78, 5) is 0. The molecule has 1 heterocycles. The maximum atomic E-state index is 9.55. The summed E-state index contributed by atoms with van der Waals surface area (Å²) >= 11 is 0. The van der Waals surface area contributed by atoms with Crippen LogP contribution in [0.25, 0.3) is 0 Å². The second-order valence-corrected chi connectivity index (χ2v) is 12.7. The Bertz CT molecular complexity index is 245. The zero-order valence-corrected chi connectivity index (χ0v) is 14.1. The predicted molar refractivity (Wildman–Crippen MR) is 75.9 cm³/mol. The molecule has 1 saturated heterocycles. The first-order valence-corrected chi connectivity index (χ1v) is 11.4. The Morgan fingerprint density at radius 3 is 2.33 bits per heavy atom. The molecule has 0 saturated carbocycles. The third-order valence-corrected chi connectivity index (χ3v) is 11.0. The molecule has 0 radical (unpaired) electrons. The van der Waals surface area contributed by atoms with Crippen molar-refractivity contribution in [3.8, 4) is 0 Å². The highest BCUT2D eigenvalue weighted by atomic mass is 28.4. The summed E-state index contributed by atoms with van der Waals surface area (Å²) in [6, 6.07) is 2.05. The highest BCUT2D eigenvalue weighted by Crippen LogP contribution is 2.26. The first-order valence-electron chi connectivity index (χ1n) is 6.57. The van der Waals surface area contributed by atoms with E-state index in [1.807, 2.05) is 0 Å². The van der Waals surface area contributed by atoms with Crippen molar-refractivity contribution in [3.05, 3.63) is 0 Å². The van der Waals surface area contributed by atoms with Crippen LogP contribution in [0.2, 0.25) is 18.6 Å². The molecule has 1 fully saturated rings. The van der Waals surface area contributed by atoms with Crippen LogP contribution in [0.15, 0.2) is 0 Å². The van der Waals surface area contributed by atoms with Gasteiger partial charge in [0.25, 0.3) is 0 Å². The SMILES string of the molecule is CO[Si](CCCN1CCC[Si]1(C)CO)(OC)OC. The topological polar surface area (TPSA) is 51.2 Å². The minimum Gasteiger partial charge on any atom is -0.398 e. The summed E-state index contributed by atoms with van der Waals surface area (Å²) in [6.07, 6.45) is 2.60. The summed E-state index contributed by atoms with van der Waals surface area (Å²) in [5.74, 6) is 0. The smallest absolute Gasteiger partial charge is 0.398 e. The number of rotatable bonds is 8. The monoisotopic (exact) mass is 293 g/mol. The van der Waals surface area contributed by atoms with Gasteiger partial charge in [0.15, 0.2) is 8.24 Å². The average molecular weight is 294 g/mol. The second-order valence-electron chi connectivity index (χ2n) is 5.14. The molecule has 0 spiro atoms. The summed E-state index contributed by atoms with van der Waals surface area (Å²) in [5, 5.41) is 9.55. The number of aliphatic hydroxyl groups is 1. The van der Waals surface area contributed by atoms with Crippen LogP contribution in [0.4, 0.5) is 0 Å². The van der Waals surface area contributed by atoms with E-state index in [1.165, 1.54) is 12.5 Å². The Kier molecular flexibility index (Phi) is 6.45. The van der Waals surface area contributed by atoms with Gasteiger partial charge in [-0.1, -0.05) is 6.55 Å². The van der Waals surface area contributed by atoms with Gasteiger partial charge in [-0.25, -0.2) is 0 Å². The summed E-state index contributed by atoms with van der Waals surface area (Å²) in [7, 11) is 1.01. The highest BCUT2D eigenvalue weighted by Gasteiger charge is 2.40. The molecule has 1 aliphatic heterocycles. The molecule has 0 aromatic carbocycles. The molecular formula is C11H27NO4Si2. The van der Waals surface area contributed by atoms with Crippen LogP contribution >= 0.6 is 0 Å².